The molecule has 1 aromatic carbocycles. The second-order valence-corrected chi connectivity index (χ2v) is 7.34. The Labute approximate surface area is 170 Å². The van der Waals surface area contributed by atoms with Crippen molar-refractivity contribution >= 4 is 11.7 Å². The zero-order chi connectivity index (χ0) is 20.1. The predicted octanol–water partition coefficient (Wildman–Crippen LogP) is 2.73. The Morgan fingerprint density at radius 1 is 1.10 bits per heavy atom. The number of amides is 1. The summed E-state index contributed by atoms with van der Waals surface area (Å²) in [7, 11) is 0. The summed E-state index contributed by atoms with van der Waals surface area (Å²) in [6, 6.07) is 9.48. The van der Waals surface area contributed by atoms with Gasteiger partial charge < -0.3 is 14.8 Å². The Morgan fingerprint density at radius 2 is 1.93 bits per heavy atom. The number of rotatable bonds is 8. The number of carbonyl (C=O) groups excluding carboxylic acids is 2. The van der Waals surface area contributed by atoms with Gasteiger partial charge >= 0.3 is 0 Å². The highest BCUT2D eigenvalue weighted by molar-refractivity contribution is 5.97. The van der Waals surface area contributed by atoms with E-state index in [1.54, 1.807) is 18.3 Å². The number of hydrogen-bond acceptors (Lipinski definition) is 6. The van der Waals surface area contributed by atoms with Crippen LogP contribution in [0.25, 0.3) is 0 Å². The first-order valence-corrected chi connectivity index (χ1v) is 10.0. The Kier molecular flexibility index (Phi) is 6.05. The van der Waals surface area contributed by atoms with E-state index in [0.717, 1.165) is 43.0 Å². The number of benzene rings is 1. The van der Waals surface area contributed by atoms with Crippen molar-refractivity contribution < 1.29 is 19.1 Å². The number of pyridine rings is 1. The molecular formula is C22H25N3O4. The van der Waals surface area contributed by atoms with Crippen LogP contribution in [0.15, 0.2) is 42.7 Å². The lowest BCUT2D eigenvalue weighted by Crippen LogP contribution is -2.36. The van der Waals surface area contributed by atoms with Crippen LogP contribution in [-0.4, -0.2) is 48.0 Å². The molecule has 2 aromatic rings. The van der Waals surface area contributed by atoms with Crippen molar-refractivity contribution in [1.29, 1.82) is 0 Å². The molecule has 1 amide bonds. The highest BCUT2D eigenvalue weighted by Crippen LogP contribution is 2.36. The molecule has 1 N–H and O–H groups in total. The SMILES string of the molecule is O=C(CCC(=O)c1cccnc1)NCC(c1ccc2c(c1)OCO2)N1CCCC1. The first kappa shape index (κ1) is 19.4. The quantitative estimate of drug-likeness (QED) is 0.693. The molecule has 0 aliphatic carbocycles. The standard InChI is InChI=1S/C22H25N3O4/c26-19(17-4-3-9-23-13-17)6-8-22(27)24-14-18(25-10-1-2-11-25)16-5-7-20-21(12-16)29-15-28-20/h3-5,7,9,12-13,18H,1-2,6,8,10-11,14-15H2,(H,24,27). The number of likely N-dealkylation sites (tertiary alicyclic amines) is 1. The van der Waals surface area contributed by atoms with E-state index in [-0.39, 0.29) is 37.4 Å². The lowest BCUT2D eigenvalue weighted by atomic mass is 10.0. The van der Waals surface area contributed by atoms with Crippen LogP contribution < -0.4 is 14.8 Å². The maximum atomic E-state index is 12.4. The van der Waals surface area contributed by atoms with Crippen LogP contribution in [0.5, 0.6) is 11.5 Å². The second-order valence-electron chi connectivity index (χ2n) is 7.34. The minimum Gasteiger partial charge on any atom is -0.454 e. The summed E-state index contributed by atoms with van der Waals surface area (Å²) >= 11 is 0. The Hall–Kier alpha value is -2.93. The number of nitrogens with zero attached hydrogens (tertiary/aromatic N) is 2. The van der Waals surface area contributed by atoms with E-state index >= 15 is 0 Å². The normalized spacial score (nSPS) is 16.6. The number of hydrogen-bond donors (Lipinski definition) is 1. The first-order chi connectivity index (χ1) is 14.2. The van der Waals surface area contributed by atoms with Crippen molar-refractivity contribution in [2.45, 2.75) is 31.7 Å². The topological polar surface area (TPSA) is 80.8 Å². The lowest BCUT2D eigenvalue weighted by Gasteiger charge is -2.28. The van der Waals surface area contributed by atoms with Gasteiger partial charge in [-0.05, 0) is 55.8 Å². The van der Waals surface area contributed by atoms with Crippen LogP contribution in [0.3, 0.4) is 0 Å². The van der Waals surface area contributed by atoms with Crippen LogP contribution >= 0.6 is 0 Å². The number of ketones is 1. The molecule has 1 atom stereocenters. The number of ether oxygens (including phenoxy) is 2. The molecule has 2 aliphatic heterocycles. The molecule has 1 unspecified atom stereocenters. The minimum atomic E-state index is -0.118. The van der Waals surface area contributed by atoms with E-state index in [4.69, 9.17) is 9.47 Å². The van der Waals surface area contributed by atoms with Gasteiger partial charge in [-0.2, -0.15) is 0 Å². The highest BCUT2D eigenvalue weighted by Gasteiger charge is 2.26. The first-order valence-electron chi connectivity index (χ1n) is 10.0. The number of aromatic nitrogens is 1. The van der Waals surface area contributed by atoms with Gasteiger partial charge in [-0.15, -0.1) is 0 Å². The van der Waals surface area contributed by atoms with Crippen LogP contribution in [0.1, 0.15) is 47.6 Å². The number of fused-ring (bicyclic) bond motifs is 1. The maximum absolute atomic E-state index is 12.4. The molecular weight excluding hydrogens is 370 g/mol. The average molecular weight is 395 g/mol. The van der Waals surface area contributed by atoms with Gasteiger partial charge in [0.25, 0.3) is 0 Å². The van der Waals surface area contributed by atoms with Gasteiger partial charge in [-0.1, -0.05) is 6.07 Å². The molecule has 29 heavy (non-hydrogen) atoms. The number of carbonyl (C=O) groups is 2. The Bertz CT molecular complexity index is 866. The average Bonchev–Trinajstić information content (AvgIpc) is 3.44. The molecule has 2 aliphatic rings. The van der Waals surface area contributed by atoms with Crippen molar-refractivity contribution in [3.8, 4) is 11.5 Å². The van der Waals surface area contributed by atoms with E-state index in [1.165, 1.54) is 6.20 Å². The molecule has 0 spiro atoms. The van der Waals surface area contributed by atoms with Crippen LogP contribution in [0.2, 0.25) is 0 Å². The zero-order valence-corrected chi connectivity index (χ0v) is 16.3. The van der Waals surface area contributed by atoms with E-state index in [9.17, 15) is 9.59 Å². The molecule has 4 rings (SSSR count). The summed E-state index contributed by atoms with van der Waals surface area (Å²) in [6.07, 6.45) is 5.82. The number of nitrogens with one attached hydrogen (secondary N) is 1. The largest absolute Gasteiger partial charge is 0.454 e. The molecule has 152 valence electrons. The molecule has 1 saturated heterocycles. The predicted molar refractivity (Wildman–Crippen MR) is 107 cm³/mol. The van der Waals surface area contributed by atoms with Crippen molar-refractivity contribution in [2.24, 2.45) is 0 Å². The van der Waals surface area contributed by atoms with E-state index < -0.39 is 0 Å². The molecule has 0 bridgehead atoms. The fourth-order valence-electron chi connectivity index (χ4n) is 3.83. The molecule has 0 radical (unpaired) electrons. The van der Waals surface area contributed by atoms with E-state index in [2.05, 4.69) is 15.2 Å². The van der Waals surface area contributed by atoms with Gasteiger partial charge in [0.2, 0.25) is 12.7 Å². The van der Waals surface area contributed by atoms with Gasteiger partial charge in [0.1, 0.15) is 0 Å². The fraction of sp³-hybridized carbons (Fsp3) is 0.409. The highest BCUT2D eigenvalue weighted by atomic mass is 16.7. The third-order valence-electron chi connectivity index (χ3n) is 5.42. The van der Waals surface area contributed by atoms with Gasteiger partial charge in [0, 0.05) is 37.3 Å². The summed E-state index contributed by atoms with van der Waals surface area (Å²) in [5, 5.41) is 3.01. The van der Waals surface area contributed by atoms with Gasteiger partial charge in [-0.3, -0.25) is 19.5 Å². The van der Waals surface area contributed by atoms with Gasteiger partial charge in [0.15, 0.2) is 17.3 Å². The fourth-order valence-corrected chi connectivity index (χ4v) is 3.83. The van der Waals surface area contributed by atoms with E-state index in [0.29, 0.717) is 12.1 Å². The summed E-state index contributed by atoms with van der Waals surface area (Å²) in [6.45, 7) is 2.76. The molecule has 7 nitrogen and oxygen atoms in total. The molecule has 3 heterocycles. The minimum absolute atomic E-state index is 0.0693. The third-order valence-corrected chi connectivity index (χ3v) is 5.42. The van der Waals surface area contributed by atoms with Crippen molar-refractivity contribution in [1.82, 2.24) is 15.2 Å². The Balaban J connectivity index is 1.35. The van der Waals surface area contributed by atoms with Crippen LogP contribution in [-0.2, 0) is 4.79 Å². The van der Waals surface area contributed by atoms with Crippen molar-refractivity contribution in [3.05, 3.63) is 53.9 Å². The molecule has 1 aromatic heterocycles. The summed E-state index contributed by atoms with van der Waals surface area (Å²) in [4.78, 5) is 30.9. The second kappa shape index (κ2) is 9.05. The summed E-state index contributed by atoms with van der Waals surface area (Å²) < 4.78 is 10.9. The third kappa shape index (κ3) is 4.74. The molecule has 7 heteroatoms. The molecule has 1 fully saturated rings. The smallest absolute Gasteiger partial charge is 0.231 e. The monoisotopic (exact) mass is 395 g/mol. The summed E-state index contributed by atoms with van der Waals surface area (Å²) in [5.74, 6) is 1.32. The lowest BCUT2D eigenvalue weighted by molar-refractivity contribution is -0.121. The van der Waals surface area contributed by atoms with E-state index in [1.807, 2.05) is 18.2 Å². The van der Waals surface area contributed by atoms with Crippen LogP contribution in [0, 0.1) is 0 Å². The van der Waals surface area contributed by atoms with Gasteiger partial charge in [-0.25, -0.2) is 0 Å². The van der Waals surface area contributed by atoms with Gasteiger partial charge in [0.05, 0.1) is 6.04 Å². The van der Waals surface area contributed by atoms with Crippen molar-refractivity contribution in [2.75, 3.05) is 26.4 Å². The zero-order valence-electron chi connectivity index (χ0n) is 16.3. The Morgan fingerprint density at radius 3 is 2.72 bits per heavy atom. The summed E-state index contributed by atoms with van der Waals surface area (Å²) in [5.41, 5.74) is 1.64. The van der Waals surface area contributed by atoms with Crippen LogP contribution in [0.4, 0.5) is 0 Å². The van der Waals surface area contributed by atoms with Crippen molar-refractivity contribution in [3.63, 3.8) is 0 Å². The molecule has 0 saturated carbocycles. The number of Topliss-reactive ketones (excluding diaryl/α,β-unsaturated/α-hetero) is 1. The maximum Gasteiger partial charge on any atom is 0.231 e.